The summed E-state index contributed by atoms with van der Waals surface area (Å²) in [6.45, 7) is 4.29. The maximum absolute atomic E-state index is 13.2. The van der Waals surface area contributed by atoms with Crippen LogP contribution in [0.15, 0.2) is 47.4 Å². The highest BCUT2D eigenvalue weighted by molar-refractivity contribution is 7.89. The number of nitrogens with zero attached hydrogens (tertiary/aromatic N) is 1. The topological polar surface area (TPSA) is 105 Å². The van der Waals surface area contributed by atoms with E-state index in [-0.39, 0.29) is 18.0 Å². The molecule has 0 bridgehead atoms. The van der Waals surface area contributed by atoms with Crippen molar-refractivity contribution in [3.63, 3.8) is 0 Å². The smallest absolute Gasteiger partial charge is 0.309 e. The summed E-state index contributed by atoms with van der Waals surface area (Å²) in [4.78, 5) is 24.7. The van der Waals surface area contributed by atoms with E-state index >= 15 is 0 Å². The highest BCUT2D eigenvalue weighted by Crippen LogP contribution is 2.28. The standard InChI is InChI=1S/C23H29N3O5S/c1-16-6-7-17(2)21(13-16)32(29,30)26-12-4-5-19(26)15-25-23(28)22(27)24-14-18-8-10-20(31-3)11-9-18/h6-11,13,19H,4-5,12,14-15H2,1-3H3,(H,24,27)(H,25,28)/t19-/m1/s1. The molecule has 2 amide bonds. The average Bonchev–Trinajstić information content (AvgIpc) is 3.27. The van der Waals surface area contributed by atoms with Crippen molar-refractivity contribution in [2.45, 2.75) is 44.2 Å². The third-order valence-corrected chi connectivity index (χ3v) is 7.66. The zero-order valence-corrected chi connectivity index (χ0v) is 19.4. The fraction of sp³-hybridized carbons (Fsp3) is 0.391. The molecule has 2 aromatic carbocycles. The van der Waals surface area contributed by atoms with Crippen LogP contribution in [0.4, 0.5) is 0 Å². The summed E-state index contributed by atoms with van der Waals surface area (Å²) in [5.41, 5.74) is 2.38. The number of sulfonamides is 1. The van der Waals surface area contributed by atoms with Crippen molar-refractivity contribution in [2.24, 2.45) is 0 Å². The Morgan fingerprint density at radius 2 is 1.75 bits per heavy atom. The number of carbonyl (C=O) groups excluding carboxylic acids is 2. The largest absolute Gasteiger partial charge is 0.497 e. The minimum atomic E-state index is -3.69. The van der Waals surface area contributed by atoms with Crippen molar-refractivity contribution in [3.8, 4) is 5.75 Å². The van der Waals surface area contributed by atoms with E-state index < -0.39 is 27.9 Å². The second-order valence-corrected chi connectivity index (χ2v) is 9.78. The Kier molecular flexibility index (Phi) is 7.52. The molecule has 32 heavy (non-hydrogen) atoms. The lowest BCUT2D eigenvalue weighted by Gasteiger charge is -2.25. The molecule has 1 fully saturated rings. The molecule has 0 aromatic heterocycles. The predicted octanol–water partition coefficient (Wildman–Crippen LogP) is 1.90. The first-order valence-electron chi connectivity index (χ1n) is 10.5. The molecule has 0 spiro atoms. The molecule has 172 valence electrons. The molecule has 8 nitrogen and oxygen atoms in total. The number of benzene rings is 2. The van der Waals surface area contributed by atoms with Gasteiger partial charge in [-0.15, -0.1) is 0 Å². The number of amides is 2. The first-order chi connectivity index (χ1) is 15.2. The van der Waals surface area contributed by atoms with Crippen LogP contribution in [0.5, 0.6) is 5.75 Å². The van der Waals surface area contributed by atoms with Crippen molar-refractivity contribution in [1.82, 2.24) is 14.9 Å². The summed E-state index contributed by atoms with van der Waals surface area (Å²) >= 11 is 0. The molecule has 0 radical (unpaired) electrons. The number of carbonyl (C=O) groups is 2. The van der Waals surface area contributed by atoms with E-state index in [9.17, 15) is 18.0 Å². The van der Waals surface area contributed by atoms with Gasteiger partial charge < -0.3 is 15.4 Å². The molecule has 0 saturated carbocycles. The Morgan fingerprint density at radius 3 is 2.44 bits per heavy atom. The number of methoxy groups -OCH3 is 1. The minimum Gasteiger partial charge on any atom is -0.497 e. The Hall–Kier alpha value is -2.91. The SMILES string of the molecule is COc1ccc(CNC(=O)C(=O)NC[C@H]2CCCN2S(=O)(=O)c2cc(C)ccc2C)cc1. The monoisotopic (exact) mass is 459 g/mol. The van der Waals surface area contributed by atoms with Gasteiger partial charge in [-0.1, -0.05) is 24.3 Å². The van der Waals surface area contributed by atoms with E-state index in [0.717, 1.165) is 11.1 Å². The van der Waals surface area contributed by atoms with Crippen LogP contribution in [0.1, 0.15) is 29.5 Å². The van der Waals surface area contributed by atoms with Gasteiger partial charge in [-0.3, -0.25) is 9.59 Å². The molecule has 9 heteroatoms. The van der Waals surface area contributed by atoms with Crippen LogP contribution in [0, 0.1) is 13.8 Å². The third-order valence-electron chi connectivity index (χ3n) is 5.57. The number of nitrogens with one attached hydrogen (secondary N) is 2. The first kappa shape index (κ1) is 23.7. The molecule has 1 heterocycles. The van der Waals surface area contributed by atoms with E-state index in [1.54, 1.807) is 50.4 Å². The zero-order chi connectivity index (χ0) is 23.3. The number of hydrogen-bond donors (Lipinski definition) is 2. The quantitative estimate of drug-likeness (QED) is 0.616. The van der Waals surface area contributed by atoms with Gasteiger partial charge in [0.05, 0.1) is 12.0 Å². The molecule has 0 aliphatic carbocycles. The maximum Gasteiger partial charge on any atom is 0.309 e. The fourth-order valence-electron chi connectivity index (χ4n) is 3.74. The summed E-state index contributed by atoms with van der Waals surface area (Å²) in [7, 11) is -2.12. The number of hydrogen-bond acceptors (Lipinski definition) is 5. The van der Waals surface area contributed by atoms with Crippen molar-refractivity contribution in [1.29, 1.82) is 0 Å². The lowest BCUT2D eigenvalue weighted by atomic mass is 10.2. The Morgan fingerprint density at radius 1 is 1.06 bits per heavy atom. The molecule has 1 aliphatic rings. The van der Waals surface area contributed by atoms with Crippen molar-refractivity contribution >= 4 is 21.8 Å². The number of aryl methyl sites for hydroxylation is 2. The van der Waals surface area contributed by atoms with E-state index in [2.05, 4.69) is 10.6 Å². The van der Waals surface area contributed by atoms with E-state index in [4.69, 9.17) is 4.74 Å². The van der Waals surface area contributed by atoms with Gasteiger partial charge in [-0.05, 0) is 61.6 Å². The van der Waals surface area contributed by atoms with Gasteiger partial charge in [0.2, 0.25) is 10.0 Å². The average molecular weight is 460 g/mol. The highest BCUT2D eigenvalue weighted by atomic mass is 32.2. The predicted molar refractivity (Wildman–Crippen MR) is 121 cm³/mol. The van der Waals surface area contributed by atoms with Crippen LogP contribution in [0.2, 0.25) is 0 Å². The molecular formula is C23H29N3O5S. The molecule has 1 atom stereocenters. The fourth-order valence-corrected chi connectivity index (χ4v) is 5.74. The second kappa shape index (κ2) is 10.1. The summed E-state index contributed by atoms with van der Waals surface area (Å²) in [6, 6.07) is 12.1. The molecule has 2 N–H and O–H groups in total. The normalized spacial score (nSPS) is 16.5. The van der Waals surface area contributed by atoms with Gasteiger partial charge in [-0.25, -0.2) is 8.42 Å². The van der Waals surface area contributed by atoms with Crippen LogP contribution in [-0.4, -0.2) is 50.8 Å². The van der Waals surface area contributed by atoms with E-state index in [0.29, 0.717) is 30.7 Å². The number of rotatable bonds is 7. The summed E-state index contributed by atoms with van der Waals surface area (Å²) < 4.78 is 33.0. The molecule has 1 aliphatic heterocycles. The lowest BCUT2D eigenvalue weighted by molar-refractivity contribution is -0.139. The van der Waals surface area contributed by atoms with Gasteiger partial charge in [0, 0.05) is 25.7 Å². The first-order valence-corrected chi connectivity index (χ1v) is 11.9. The van der Waals surface area contributed by atoms with Crippen molar-refractivity contribution in [2.75, 3.05) is 20.2 Å². The maximum atomic E-state index is 13.2. The molecular weight excluding hydrogens is 430 g/mol. The third kappa shape index (κ3) is 5.46. The summed E-state index contributed by atoms with van der Waals surface area (Å²) in [5, 5.41) is 5.15. The summed E-state index contributed by atoms with van der Waals surface area (Å²) in [5.74, 6) is -0.841. The summed E-state index contributed by atoms with van der Waals surface area (Å²) in [6.07, 6.45) is 1.33. The van der Waals surface area contributed by atoms with Crippen molar-refractivity contribution in [3.05, 3.63) is 59.2 Å². The van der Waals surface area contributed by atoms with Crippen molar-refractivity contribution < 1.29 is 22.7 Å². The molecule has 3 rings (SSSR count). The zero-order valence-electron chi connectivity index (χ0n) is 18.6. The van der Waals surface area contributed by atoms with Crippen LogP contribution < -0.4 is 15.4 Å². The van der Waals surface area contributed by atoms with Gasteiger partial charge in [0.15, 0.2) is 0 Å². The molecule has 2 aromatic rings. The van der Waals surface area contributed by atoms with Crippen LogP contribution in [0.25, 0.3) is 0 Å². The van der Waals surface area contributed by atoms with Gasteiger partial charge in [0.25, 0.3) is 0 Å². The van der Waals surface area contributed by atoms with Gasteiger partial charge in [-0.2, -0.15) is 4.31 Å². The van der Waals surface area contributed by atoms with E-state index in [1.165, 1.54) is 4.31 Å². The Bertz CT molecular complexity index is 1080. The molecule has 1 saturated heterocycles. The van der Waals surface area contributed by atoms with Gasteiger partial charge in [0.1, 0.15) is 5.75 Å². The Balaban J connectivity index is 1.57. The van der Waals surface area contributed by atoms with Gasteiger partial charge >= 0.3 is 11.8 Å². The van der Waals surface area contributed by atoms with Crippen LogP contribution >= 0.6 is 0 Å². The number of ether oxygens (including phenoxy) is 1. The Labute approximate surface area is 189 Å². The van der Waals surface area contributed by atoms with Crippen LogP contribution in [0.3, 0.4) is 0 Å². The minimum absolute atomic E-state index is 0.0822. The highest BCUT2D eigenvalue weighted by Gasteiger charge is 2.36. The van der Waals surface area contributed by atoms with E-state index in [1.807, 2.05) is 13.0 Å². The van der Waals surface area contributed by atoms with Crippen LogP contribution in [-0.2, 0) is 26.2 Å². The molecule has 0 unspecified atom stereocenters. The second-order valence-electron chi connectivity index (χ2n) is 7.92. The lowest BCUT2D eigenvalue weighted by Crippen LogP contribution is -2.46.